The Bertz CT molecular complexity index is 1160. The summed E-state index contributed by atoms with van der Waals surface area (Å²) < 4.78 is 0. The third-order valence-electron chi connectivity index (χ3n) is 4.87. The lowest BCUT2D eigenvalue weighted by atomic mass is 10.1. The third kappa shape index (κ3) is 5.13. The van der Waals surface area contributed by atoms with Crippen molar-refractivity contribution in [2.45, 2.75) is 19.3 Å². The predicted molar refractivity (Wildman–Crippen MR) is 125 cm³/mol. The summed E-state index contributed by atoms with van der Waals surface area (Å²) in [6, 6.07) is 14.6. The molecule has 0 unspecified atom stereocenters. The van der Waals surface area contributed by atoms with Crippen molar-refractivity contribution < 1.29 is 14.4 Å². The van der Waals surface area contributed by atoms with E-state index in [-0.39, 0.29) is 17.7 Å². The molecule has 160 valence electrons. The Labute approximate surface area is 190 Å². The van der Waals surface area contributed by atoms with Crippen LogP contribution in [-0.4, -0.2) is 46.3 Å². The monoisotopic (exact) mass is 444 g/mol. The van der Waals surface area contributed by atoms with E-state index in [9.17, 15) is 14.4 Å². The number of fused-ring (bicyclic) bond motifs is 1. The Balaban J connectivity index is 1.24. The van der Waals surface area contributed by atoms with E-state index in [0.29, 0.717) is 41.4 Å². The summed E-state index contributed by atoms with van der Waals surface area (Å²) in [5, 5.41) is 11.1. The van der Waals surface area contributed by atoms with Crippen molar-refractivity contribution in [3.8, 4) is 11.8 Å². The van der Waals surface area contributed by atoms with Crippen molar-refractivity contribution >= 4 is 40.9 Å². The number of carbonyl (C=O) groups is 3. The minimum Gasteiger partial charge on any atom is -0.303 e. The van der Waals surface area contributed by atoms with Gasteiger partial charge in [0.2, 0.25) is 5.91 Å². The van der Waals surface area contributed by atoms with E-state index in [1.54, 1.807) is 30.5 Å². The highest BCUT2D eigenvalue weighted by molar-refractivity contribution is 8.15. The number of benzene rings is 2. The highest BCUT2D eigenvalue weighted by Gasteiger charge is 2.34. The van der Waals surface area contributed by atoms with Crippen LogP contribution in [0.3, 0.4) is 0 Å². The van der Waals surface area contributed by atoms with Gasteiger partial charge in [0.15, 0.2) is 5.17 Å². The van der Waals surface area contributed by atoms with Crippen molar-refractivity contribution in [1.82, 2.24) is 10.2 Å². The molecule has 2 aromatic rings. The Morgan fingerprint density at radius 1 is 1.03 bits per heavy atom. The minimum absolute atomic E-state index is 0.0649. The van der Waals surface area contributed by atoms with Crippen LogP contribution in [0.1, 0.15) is 51.1 Å². The van der Waals surface area contributed by atoms with Crippen LogP contribution >= 0.6 is 11.8 Å². The number of imide groups is 1. The molecule has 2 aromatic carbocycles. The lowest BCUT2D eigenvalue weighted by Gasteiger charge is -2.12. The van der Waals surface area contributed by atoms with Crippen LogP contribution in [0, 0.1) is 11.8 Å². The average Bonchev–Trinajstić information content (AvgIpc) is 3.32. The van der Waals surface area contributed by atoms with Gasteiger partial charge in [0.1, 0.15) is 0 Å². The van der Waals surface area contributed by atoms with Gasteiger partial charge in [-0.05, 0) is 42.7 Å². The normalized spacial score (nSPS) is 16.4. The number of amides is 3. The van der Waals surface area contributed by atoms with Gasteiger partial charge >= 0.3 is 0 Å². The number of nitrogens with one attached hydrogen (secondary N) is 1. The molecule has 8 heteroatoms. The molecule has 0 aromatic heterocycles. The highest BCUT2D eigenvalue weighted by atomic mass is 32.2. The van der Waals surface area contributed by atoms with Crippen LogP contribution in [-0.2, 0) is 4.79 Å². The van der Waals surface area contributed by atoms with Crippen LogP contribution in [0.5, 0.6) is 0 Å². The number of hydrogen-bond acceptors (Lipinski definition) is 6. The molecule has 32 heavy (non-hydrogen) atoms. The predicted octanol–water partition coefficient (Wildman–Crippen LogP) is 3.06. The smallest absolute Gasteiger partial charge is 0.261 e. The summed E-state index contributed by atoms with van der Waals surface area (Å²) in [5.41, 5.74) is 2.70. The lowest BCUT2D eigenvalue weighted by Crippen LogP contribution is -2.30. The molecule has 1 N–H and O–H groups in total. The maximum Gasteiger partial charge on any atom is 0.261 e. The molecular formula is C24H20N4O3S. The topological polar surface area (TPSA) is 91.2 Å². The summed E-state index contributed by atoms with van der Waals surface area (Å²) in [4.78, 5) is 37.1. The molecule has 4 rings (SSSR count). The molecule has 1 fully saturated rings. The van der Waals surface area contributed by atoms with Gasteiger partial charge in [-0.25, -0.2) is 0 Å². The Kier molecular flexibility index (Phi) is 6.78. The SMILES string of the molecule is O=C1CSC(=NN=Cc2cccc(C#CCCCCN3C(=O)c4ccccc4C3=O)c2)N1. The summed E-state index contributed by atoms with van der Waals surface area (Å²) in [6.07, 6.45) is 3.79. The number of unbranched alkanes of at least 4 members (excludes halogenated alkanes) is 2. The van der Waals surface area contributed by atoms with Crippen LogP contribution in [0.4, 0.5) is 0 Å². The third-order valence-corrected chi connectivity index (χ3v) is 5.74. The first kappa shape index (κ1) is 21.5. The van der Waals surface area contributed by atoms with Gasteiger partial charge in [-0.15, -0.1) is 5.10 Å². The molecular weight excluding hydrogens is 424 g/mol. The minimum atomic E-state index is -0.214. The second-order valence-corrected chi connectivity index (χ2v) is 8.14. The van der Waals surface area contributed by atoms with E-state index in [0.717, 1.165) is 17.5 Å². The van der Waals surface area contributed by atoms with Crippen molar-refractivity contribution in [3.05, 3.63) is 70.8 Å². The summed E-state index contributed by atoms with van der Waals surface area (Å²) >= 11 is 1.32. The van der Waals surface area contributed by atoms with Crippen LogP contribution in [0.25, 0.3) is 0 Å². The molecule has 0 bridgehead atoms. The van der Waals surface area contributed by atoms with Crippen LogP contribution in [0.15, 0.2) is 58.7 Å². The van der Waals surface area contributed by atoms with Gasteiger partial charge < -0.3 is 5.32 Å². The van der Waals surface area contributed by atoms with Crippen LogP contribution < -0.4 is 5.32 Å². The largest absolute Gasteiger partial charge is 0.303 e. The van der Waals surface area contributed by atoms with Gasteiger partial charge in [-0.2, -0.15) is 5.10 Å². The summed E-state index contributed by atoms with van der Waals surface area (Å²) in [6.45, 7) is 0.404. The van der Waals surface area contributed by atoms with Crippen LogP contribution in [0.2, 0.25) is 0 Å². The Morgan fingerprint density at radius 2 is 1.81 bits per heavy atom. The van der Waals surface area contributed by atoms with E-state index in [1.165, 1.54) is 16.7 Å². The molecule has 2 aliphatic heterocycles. The number of hydrogen-bond donors (Lipinski definition) is 1. The number of rotatable bonds is 6. The zero-order valence-electron chi connectivity index (χ0n) is 17.2. The van der Waals surface area contributed by atoms with Crippen molar-refractivity contribution in [2.24, 2.45) is 10.2 Å². The summed E-state index contributed by atoms with van der Waals surface area (Å²) in [5.74, 6) is 6.15. The van der Waals surface area contributed by atoms with E-state index in [4.69, 9.17) is 0 Å². The molecule has 0 spiro atoms. The Morgan fingerprint density at radius 3 is 2.53 bits per heavy atom. The highest BCUT2D eigenvalue weighted by Crippen LogP contribution is 2.22. The molecule has 7 nitrogen and oxygen atoms in total. The quantitative estimate of drug-likeness (QED) is 0.244. The number of nitrogens with zero attached hydrogens (tertiary/aromatic N) is 3. The molecule has 0 saturated carbocycles. The maximum atomic E-state index is 12.3. The van der Waals surface area contributed by atoms with E-state index < -0.39 is 0 Å². The second-order valence-electron chi connectivity index (χ2n) is 7.18. The number of amidine groups is 1. The maximum absolute atomic E-state index is 12.3. The molecule has 0 atom stereocenters. The second kappa shape index (κ2) is 10.1. The zero-order chi connectivity index (χ0) is 22.3. The Hall–Kier alpha value is -3.70. The lowest BCUT2D eigenvalue weighted by molar-refractivity contribution is -0.116. The van der Waals surface area contributed by atoms with Gasteiger partial charge in [-0.3, -0.25) is 19.3 Å². The molecule has 2 aliphatic rings. The first-order valence-electron chi connectivity index (χ1n) is 10.2. The standard InChI is InChI=1S/C24H20N4O3S/c29-21-16-32-24(26-21)27-25-15-18-10-7-9-17(14-18)8-3-1-2-6-13-28-22(30)19-11-4-5-12-20(19)23(28)31/h4-5,7,9-12,14-15H,1-2,6,13,16H2,(H,26,27,29). The number of thioether (sulfide) groups is 1. The van der Waals surface area contributed by atoms with Gasteiger partial charge in [-0.1, -0.05) is 47.9 Å². The van der Waals surface area contributed by atoms with Gasteiger partial charge in [0, 0.05) is 18.5 Å². The number of carbonyl (C=O) groups excluding carboxylic acids is 3. The van der Waals surface area contributed by atoms with Crippen molar-refractivity contribution in [1.29, 1.82) is 0 Å². The van der Waals surface area contributed by atoms with Crippen molar-refractivity contribution in [3.63, 3.8) is 0 Å². The molecule has 3 amide bonds. The fourth-order valence-electron chi connectivity index (χ4n) is 3.31. The molecule has 0 radical (unpaired) electrons. The van der Waals surface area contributed by atoms with E-state index >= 15 is 0 Å². The average molecular weight is 445 g/mol. The van der Waals surface area contributed by atoms with E-state index in [1.807, 2.05) is 24.3 Å². The first-order chi connectivity index (χ1) is 15.6. The molecule has 2 heterocycles. The van der Waals surface area contributed by atoms with Crippen molar-refractivity contribution in [2.75, 3.05) is 12.3 Å². The fourth-order valence-corrected chi connectivity index (χ4v) is 3.94. The van der Waals surface area contributed by atoms with Gasteiger partial charge in [0.05, 0.1) is 23.1 Å². The van der Waals surface area contributed by atoms with Gasteiger partial charge in [0.25, 0.3) is 11.8 Å². The molecule has 0 aliphatic carbocycles. The molecule has 1 saturated heterocycles. The zero-order valence-corrected chi connectivity index (χ0v) is 18.0. The fraction of sp³-hybridized carbons (Fsp3) is 0.208. The summed E-state index contributed by atoms with van der Waals surface area (Å²) in [7, 11) is 0. The first-order valence-corrected chi connectivity index (χ1v) is 11.2. The van der Waals surface area contributed by atoms with E-state index in [2.05, 4.69) is 27.4 Å².